The van der Waals surface area contributed by atoms with Crippen molar-refractivity contribution in [1.82, 2.24) is 4.98 Å². The minimum Gasteiger partial charge on any atom is -0.379 e. The van der Waals surface area contributed by atoms with Crippen LogP contribution in [0.25, 0.3) is 0 Å². The Morgan fingerprint density at radius 2 is 1.89 bits per heavy atom. The lowest BCUT2D eigenvalue weighted by atomic mass is 10.1. The first kappa shape index (κ1) is 13.1. The van der Waals surface area contributed by atoms with Crippen LogP contribution in [0.3, 0.4) is 0 Å². The summed E-state index contributed by atoms with van der Waals surface area (Å²) in [6.07, 6.45) is 2.34. The monoisotopic (exact) mass is 304 g/mol. The highest BCUT2D eigenvalue weighted by atomic mass is 79.9. The highest BCUT2D eigenvalue weighted by molar-refractivity contribution is 9.10. The summed E-state index contributed by atoms with van der Waals surface area (Å²) in [5.41, 5.74) is 3.56. The van der Waals surface area contributed by atoms with E-state index in [2.05, 4.69) is 57.4 Å². The summed E-state index contributed by atoms with van der Waals surface area (Å²) in [5.74, 6) is 0. The molecular formula is C15H17BrN2. The molecule has 0 amide bonds. The van der Waals surface area contributed by atoms with Gasteiger partial charge in [0.15, 0.2) is 0 Å². The van der Waals surface area contributed by atoms with Crippen molar-refractivity contribution in [2.75, 3.05) is 5.32 Å². The zero-order chi connectivity index (χ0) is 12.8. The molecule has 1 heterocycles. The molecule has 1 aromatic heterocycles. The van der Waals surface area contributed by atoms with Gasteiger partial charge in [0.2, 0.25) is 0 Å². The smallest absolute Gasteiger partial charge is 0.106 e. The van der Waals surface area contributed by atoms with Crippen molar-refractivity contribution < 1.29 is 0 Å². The predicted molar refractivity (Wildman–Crippen MR) is 79.7 cm³/mol. The molecule has 0 fully saturated rings. The molecule has 0 aliphatic carbocycles. The molecule has 0 aliphatic rings. The second-order valence-electron chi connectivity index (χ2n) is 4.25. The van der Waals surface area contributed by atoms with Crippen LogP contribution in [0.5, 0.6) is 0 Å². The maximum atomic E-state index is 4.39. The van der Waals surface area contributed by atoms with Gasteiger partial charge in [-0.3, -0.25) is 0 Å². The molecule has 18 heavy (non-hydrogen) atoms. The molecule has 0 aliphatic heterocycles. The molecule has 0 saturated heterocycles. The Bertz CT molecular complexity index is 494. The molecule has 0 radical (unpaired) electrons. The lowest BCUT2D eigenvalue weighted by Crippen LogP contribution is -2.01. The Hall–Kier alpha value is -1.35. The Kier molecular flexibility index (Phi) is 4.76. The lowest BCUT2D eigenvalue weighted by molar-refractivity contribution is 0.921. The zero-order valence-corrected chi connectivity index (χ0v) is 12.1. The Morgan fingerprint density at radius 3 is 2.56 bits per heavy atom. The van der Waals surface area contributed by atoms with E-state index in [1.807, 2.05) is 18.2 Å². The molecule has 94 valence electrons. The third kappa shape index (κ3) is 3.84. The second kappa shape index (κ2) is 6.55. The number of nitrogens with zero attached hydrogens (tertiary/aromatic N) is 1. The molecule has 0 atom stereocenters. The quantitative estimate of drug-likeness (QED) is 0.828. The van der Waals surface area contributed by atoms with E-state index in [4.69, 9.17) is 0 Å². The maximum absolute atomic E-state index is 4.39. The first-order valence-electron chi connectivity index (χ1n) is 6.22. The zero-order valence-electron chi connectivity index (χ0n) is 10.5. The minimum absolute atomic E-state index is 0.743. The molecule has 2 nitrogen and oxygen atoms in total. The molecule has 3 heteroatoms. The van der Waals surface area contributed by atoms with E-state index >= 15 is 0 Å². The van der Waals surface area contributed by atoms with Crippen LogP contribution < -0.4 is 5.32 Å². The number of benzene rings is 1. The van der Waals surface area contributed by atoms with Gasteiger partial charge in [-0.2, -0.15) is 0 Å². The number of hydrogen-bond acceptors (Lipinski definition) is 2. The molecule has 2 aromatic rings. The third-order valence-electron chi connectivity index (χ3n) is 2.74. The van der Waals surface area contributed by atoms with Crippen LogP contribution in [0.1, 0.15) is 24.6 Å². The largest absolute Gasteiger partial charge is 0.379 e. The van der Waals surface area contributed by atoms with Crippen LogP contribution in [0, 0.1) is 0 Å². The number of aromatic nitrogens is 1. The summed E-state index contributed by atoms with van der Waals surface area (Å²) in [5, 5.41) is 3.37. The van der Waals surface area contributed by atoms with Crippen LogP contribution >= 0.6 is 15.9 Å². The average Bonchev–Trinajstić information content (AvgIpc) is 2.38. The second-order valence-corrected chi connectivity index (χ2v) is 5.06. The van der Waals surface area contributed by atoms with Crippen molar-refractivity contribution in [2.24, 2.45) is 0 Å². The molecule has 0 saturated carbocycles. The van der Waals surface area contributed by atoms with Crippen LogP contribution in [-0.2, 0) is 13.0 Å². The van der Waals surface area contributed by atoms with Crippen molar-refractivity contribution in [3.8, 4) is 0 Å². The fourth-order valence-corrected chi connectivity index (χ4v) is 2.20. The number of halogens is 1. The summed E-state index contributed by atoms with van der Waals surface area (Å²) in [7, 11) is 0. The highest BCUT2D eigenvalue weighted by Gasteiger charge is 1.97. The molecule has 1 aromatic carbocycles. The topological polar surface area (TPSA) is 24.9 Å². The Labute approximate surface area is 117 Å². The van der Waals surface area contributed by atoms with Crippen molar-refractivity contribution in [3.63, 3.8) is 0 Å². The predicted octanol–water partition coefficient (Wildman–Crippen LogP) is 4.41. The van der Waals surface area contributed by atoms with Gasteiger partial charge in [-0.15, -0.1) is 0 Å². The highest BCUT2D eigenvalue weighted by Crippen LogP contribution is 2.13. The number of anilines is 1. The van der Waals surface area contributed by atoms with Gasteiger partial charge in [0.05, 0.1) is 12.2 Å². The van der Waals surface area contributed by atoms with E-state index in [9.17, 15) is 0 Å². The fraction of sp³-hybridized carbons (Fsp3) is 0.267. The van der Waals surface area contributed by atoms with Crippen molar-refractivity contribution in [1.29, 1.82) is 0 Å². The van der Waals surface area contributed by atoms with Crippen molar-refractivity contribution in [3.05, 3.63) is 58.3 Å². The molecule has 0 unspecified atom stereocenters. The van der Waals surface area contributed by atoms with Crippen LogP contribution in [-0.4, -0.2) is 4.98 Å². The van der Waals surface area contributed by atoms with E-state index in [0.717, 1.165) is 29.0 Å². The van der Waals surface area contributed by atoms with Gasteiger partial charge in [0.25, 0.3) is 0 Å². The maximum Gasteiger partial charge on any atom is 0.106 e. The number of pyridine rings is 1. The van der Waals surface area contributed by atoms with Gasteiger partial charge in [-0.1, -0.05) is 31.5 Å². The van der Waals surface area contributed by atoms with E-state index < -0.39 is 0 Å². The van der Waals surface area contributed by atoms with E-state index in [1.165, 1.54) is 12.0 Å². The van der Waals surface area contributed by atoms with Gasteiger partial charge >= 0.3 is 0 Å². The number of hydrogen-bond donors (Lipinski definition) is 1. The summed E-state index contributed by atoms with van der Waals surface area (Å²) >= 11 is 3.38. The van der Waals surface area contributed by atoms with Crippen molar-refractivity contribution in [2.45, 2.75) is 26.3 Å². The lowest BCUT2D eigenvalue weighted by Gasteiger charge is -2.07. The molecule has 0 spiro atoms. The Morgan fingerprint density at radius 1 is 1.11 bits per heavy atom. The van der Waals surface area contributed by atoms with Crippen molar-refractivity contribution >= 4 is 21.6 Å². The van der Waals surface area contributed by atoms with Crippen LogP contribution in [0.15, 0.2) is 47.1 Å². The van der Waals surface area contributed by atoms with E-state index in [0.29, 0.717) is 0 Å². The van der Waals surface area contributed by atoms with Gasteiger partial charge in [-0.25, -0.2) is 4.98 Å². The molecule has 1 N–H and O–H groups in total. The van der Waals surface area contributed by atoms with Crippen LogP contribution in [0.4, 0.5) is 5.69 Å². The first-order chi connectivity index (χ1) is 8.78. The fourth-order valence-electron chi connectivity index (χ4n) is 1.82. The van der Waals surface area contributed by atoms with Gasteiger partial charge < -0.3 is 5.32 Å². The molecular weight excluding hydrogens is 288 g/mol. The Balaban J connectivity index is 1.93. The molecule has 2 rings (SSSR count). The third-order valence-corrected chi connectivity index (χ3v) is 3.18. The minimum atomic E-state index is 0.743. The van der Waals surface area contributed by atoms with E-state index in [-0.39, 0.29) is 0 Å². The summed E-state index contributed by atoms with van der Waals surface area (Å²) in [6, 6.07) is 14.6. The standard InChI is InChI=1S/C15H17BrN2/c1-2-4-12-7-9-13(10-8-12)17-11-14-5-3-6-15(16)18-14/h3,5-10,17H,2,4,11H2,1H3. The summed E-state index contributed by atoms with van der Waals surface area (Å²) in [6.45, 7) is 2.94. The number of nitrogens with one attached hydrogen (secondary N) is 1. The normalized spacial score (nSPS) is 10.3. The van der Waals surface area contributed by atoms with Gasteiger partial charge in [0.1, 0.15) is 4.60 Å². The molecule has 0 bridgehead atoms. The summed E-state index contributed by atoms with van der Waals surface area (Å²) in [4.78, 5) is 4.39. The summed E-state index contributed by atoms with van der Waals surface area (Å²) < 4.78 is 0.875. The van der Waals surface area contributed by atoms with Gasteiger partial charge in [-0.05, 0) is 52.2 Å². The SMILES string of the molecule is CCCc1ccc(NCc2cccc(Br)n2)cc1. The number of rotatable bonds is 5. The first-order valence-corrected chi connectivity index (χ1v) is 7.01. The van der Waals surface area contributed by atoms with Crippen LogP contribution in [0.2, 0.25) is 0 Å². The average molecular weight is 305 g/mol. The van der Waals surface area contributed by atoms with E-state index in [1.54, 1.807) is 0 Å². The van der Waals surface area contributed by atoms with Gasteiger partial charge in [0, 0.05) is 5.69 Å². The number of aryl methyl sites for hydroxylation is 1.